The van der Waals surface area contributed by atoms with Crippen LogP contribution in [0.15, 0.2) is 36.5 Å². The van der Waals surface area contributed by atoms with Gasteiger partial charge in [-0.3, -0.25) is 4.79 Å². The van der Waals surface area contributed by atoms with Gasteiger partial charge in [-0.1, -0.05) is 25.5 Å². The van der Waals surface area contributed by atoms with E-state index in [1.807, 2.05) is 4.90 Å². The molecule has 13 heteroatoms. The molecule has 3 aromatic rings. The number of ether oxygens (including phenoxy) is 1. The van der Waals surface area contributed by atoms with E-state index in [2.05, 4.69) is 27.3 Å². The number of carbonyl (C=O) groups is 1. The minimum atomic E-state index is -4.77. The van der Waals surface area contributed by atoms with E-state index in [0.717, 1.165) is 24.8 Å². The van der Waals surface area contributed by atoms with Gasteiger partial charge in [0.1, 0.15) is 11.9 Å². The largest absolute Gasteiger partial charge is 0.480 e. The summed E-state index contributed by atoms with van der Waals surface area (Å²) in [5.74, 6) is -0.978. The molecule has 2 aliphatic rings. The third-order valence-corrected chi connectivity index (χ3v) is 8.21. The minimum absolute atomic E-state index is 0.0915. The number of piperidine rings is 1. The van der Waals surface area contributed by atoms with Gasteiger partial charge in [0, 0.05) is 37.5 Å². The average molecular weight is 588 g/mol. The van der Waals surface area contributed by atoms with Gasteiger partial charge in [0.25, 0.3) is 0 Å². The normalized spacial score (nSPS) is 19.3. The number of carboxylic acids is 1. The van der Waals surface area contributed by atoms with Gasteiger partial charge in [-0.25, -0.2) is 4.68 Å². The lowest BCUT2D eigenvalue weighted by Crippen LogP contribution is -2.41. The first-order valence-electron chi connectivity index (χ1n) is 14.2. The number of rotatable bonds is 9. The van der Waals surface area contributed by atoms with Crippen LogP contribution < -0.4 is 20.7 Å². The average Bonchev–Trinajstić information content (AvgIpc) is 3.57. The number of aryl methyl sites for hydroxylation is 2. The number of nitrogen functional groups attached to an aromatic ring is 1. The Morgan fingerprint density at radius 3 is 2.62 bits per heavy atom. The van der Waals surface area contributed by atoms with Crippen LogP contribution in [0.2, 0.25) is 0 Å². The van der Waals surface area contributed by atoms with Crippen LogP contribution in [0.3, 0.4) is 0 Å². The second-order valence-electron chi connectivity index (χ2n) is 11.3. The van der Waals surface area contributed by atoms with Crippen molar-refractivity contribution >= 4 is 17.7 Å². The molecule has 1 unspecified atom stereocenters. The maximum atomic E-state index is 14.6. The number of aliphatic carboxylic acids is 1. The number of nitrogens with two attached hydrogens (primary N) is 1. The van der Waals surface area contributed by atoms with E-state index >= 15 is 0 Å². The minimum Gasteiger partial charge on any atom is -0.480 e. The summed E-state index contributed by atoms with van der Waals surface area (Å²) in [4.78, 5) is 21.6. The van der Waals surface area contributed by atoms with Crippen LogP contribution in [0, 0.1) is 12.3 Å². The lowest BCUT2D eigenvalue weighted by molar-refractivity contribution is -0.198. The summed E-state index contributed by atoms with van der Waals surface area (Å²) in [5.41, 5.74) is 7.59. The number of nitrogens with one attached hydrogen (secondary N) is 1. The number of carboxylic acid groups (broad SMARTS) is 1. The number of aromatic nitrogens is 4. The summed E-state index contributed by atoms with van der Waals surface area (Å²) in [5, 5.41) is 16.8. The van der Waals surface area contributed by atoms with E-state index in [4.69, 9.17) is 10.5 Å². The Kier molecular flexibility index (Phi) is 8.31. The molecule has 2 atom stereocenters. The van der Waals surface area contributed by atoms with E-state index in [9.17, 15) is 23.1 Å². The third kappa shape index (κ3) is 6.45. The molecule has 0 amide bonds. The van der Waals surface area contributed by atoms with Crippen molar-refractivity contribution in [2.75, 3.05) is 30.3 Å². The zero-order chi connectivity index (χ0) is 30.1. The first-order chi connectivity index (χ1) is 20.0. The molecule has 0 saturated carbocycles. The predicted octanol–water partition coefficient (Wildman–Crippen LogP) is 4.61. The van der Waals surface area contributed by atoms with E-state index in [-0.39, 0.29) is 28.5 Å². The maximum absolute atomic E-state index is 14.6. The van der Waals surface area contributed by atoms with Crippen LogP contribution in [0.25, 0.3) is 5.69 Å². The topological polar surface area (TPSA) is 131 Å². The van der Waals surface area contributed by atoms with Crippen LogP contribution in [0.1, 0.15) is 62.0 Å². The second-order valence-corrected chi connectivity index (χ2v) is 11.3. The predicted molar refractivity (Wildman–Crippen MR) is 151 cm³/mol. The zero-order valence-corrected chi connectivity index (χ0v) is 23.7. The van der Waals surface area contributed by atoms with Gasteiger partial charge in [0.05, 0.1) is 11.4 Å². The van der Waals surface area contributed by atoms with Gasteiger partial charge in [0.15, 0.2) is 0 Å². The van der Waals surface area contributed by atoms with Crippen molar-refractivity contribution in [2.24, 2.45) is 5.41 Å². The van der Waals surface area contributed by atoms with E-state index in [0.29, 0.717) is 50.4 Å². The number of unbranched alkanes of at least 4 members (excludes halogenated alkanes) is 1. The van der Waals surface area contributed by atoms with Crippen molar-refractivity contribution in [1.29, 1.82) is 0 Å². The SMILES string of the molecule is CCCCc1ccc([C@@H](Oc2cc(N3CCC4(CC3)CNC(C(=O)O)C4)nc(N)n2)C(F)(F)F)c(-n2ccc(C)n2)c1. The number of halogens is 3. The molecule has 10 nitrogen and oxygen atoms in total. The Morgan fingerprint density at radius 2 is 2.00 bits per heavy atom. The molecular weight excluding hydrogens is 551 g/mol. The summed E-state index contributed by atoms with van der Waals surface area (Å²) in [6.07, 6.45) is -0.895. The Bertz CT molecular complexity index is 1420. The highest BCUT2D eigenvalue weighted by molar-refractivity contribution is 5.74. The monoisotopic (exact) mass is 587 g/mol. The molecule has 2 fully saturated rings. The molecule has 5 rings (SSSR count). The fourth-order valence-electron chi connectivity index (χ4n) is 5.86. The molecule has 0 bridgehead atoms. The Balaban J connectivity index is 1.41. The van der Waals surface area contributed by atoms with Crippen molar-refractivity contribution in [2.45, 2.75) is 70.7 Å². The van der Waals surface area contributed by atoms with Gasteiger partial charge in [-0.15, -0.1) is 0 Å². The number of hydrogen-bond donors (Lipinski definition) is 3. The van der Waals surface area contributed by atoms with Gasteiger partial charge in [-0.2, -0.15) is 28.2 Å². The summed E-state index contributed by atoms with van der Waals surface area (Å²) in [6.45, 7) is 5.55. The van der Waals surface area contributed by atoms with Gasteiger partial charge in [0.2, 0.25) is 17.9 Å². The number of benzene rings is 1. The zero-order valence-electron chi connectivity index (χ0n) is 23.7. The van der Waals surface area contributed by atoms with Crippen molar-refractivity contribution in [3.63, 3.8) is 0 Å². The Hall–Kier alpha value is -3.87. The lowest BCUT2D eigenvalue weighted by Gasteiger charge is -2.39. The van der Waals surface area contributed by atoms with E-state index in [1.165, 1.54) is 16.8 Å². The van der Waals surface area contributed by atoms with Gasteiger partial charge >= 0.3 is 12.1 Å². The highest BCUT2D eigenvalue weighted by Crippen LogP contribution is 2.42. The molecule has 226 valence electrons. The molecule has 1 aromatic carbocycles. The number of anilines is 2. The molecule has 0 radical (unpaired) electrons. The van der Waals surface area contributed by atoms with Crippen LogP contribution in [-0.4, -0.2) is 62.7 Å². The molecule has 2 aliphatic heterocycles. The first-order valence-corrected chi connectivity index (χ1v) is 14.2. The quantitative estimate of drug-likeness (QED) is 0.328. The van der Waals surface area contributed by atoms with E-state index in [1.54, 1.807) is 31.3 Å². The lowest BCUT2D eigenvalue weighted by atomic mass is 9.76. The van der Waals surface area contributed by atoms with Crippen LogP contribution in [-0.2, 0) is 11.2 Å². The van der Waals surface area contributed by atoms with Crippen molar-refractivity contribution in [1.82, 2.24) is 25.1 Å². The number of nitrogens with zero attached hydrogens (tertiary/aromatic N) is 5. The summed E-state index contributed by atoms with van der Waals surface area (Å²) in [7, 11) is 0. The fourth-order valence-corrected chi connectivity index (χ4v) is 5.86. The number of alkyl halides is 3. The highest BCUT2D eigenvalue weighted by atomic mass is 19.4. The number of hydrogen-bond acceptors (Lipinski definition) is 8. The Labute approximate surface area is 242 Å². The standard InChI is InChI=1S/C29H36F3N7O3/c1-3-4-5-19-6-7-20(22(14-19)39-11-8-18(2)37-39)25(29(30,31)32)42-24-15-23(35-27(33)36-24)38-12-9-28(10-13-38)16-21(26(40)41)34-17-28/h6-8,11,14-15,21,25,34H,3-5,9-10,12-13,16-17H2,1-2H3,(H,40,41)(H2,33,35,36)/t21?,25-/m1/s1. The second kappa shape index (κ2) is 11.8. The van der Waals surface area contributed by atoms with Crippen LogP contribution in [0.5, 0.6) is 5.88 Å². The fraction of sp³-hybridized carbons (Fsp3) is 0.517. The molecule has 2 saturated heterocycles. The molecule has 4 heterocycles. The molecule has 42 heavy (non-hydrogen) atoms. The van der Waals surface area contributed by atoms with Gasteiger partial charge < -0.3 is 25.8 Å². The van der Waals surface area contributed by atoms with E-state index < -0.39 is 24.3 Å². The smallest absolute Gasteiger partial charge is 0.429 e. The van der Waals surface area contributed by atoms with Crippen LogP contribution >= 0.6 is 0 Å². The van der Waals surface area contributed by atoms with Crippen molar-refractivity contribution in [3.05, 3.63) is 53.3 Å². The summed E-state index contributed by atoms with van der Waals surface area (Å²) < 4.78 is 50.9. The van der Waals surface area contributed by atoms with Crippen LogP contribution in [0.4, 0.5) is 24.9 Å². The van der Waals surface area contributed by atoms with Gasteiger partial charge in [-0.05, 0) is 62.1 Å². The molecular formula is C29H36F3N7O3. The summed E-state index contributed by atoms with van der Waals surface area (Å²) >= 11 is 0. The maximum Gasteiger partial charge on any atom is 0.429 e. The molecule has 0 aliphatic carbocycles. The van der Waals surface area contributed by atoms with Crippen molar-refractivity contribution in [3.8, 4) is 11.6 Å². The highest BCUT2D eigenvalue weighted by Gasteiger charge is 2.46. The Morgan fingerprint density at radius 1 is 1.24 bits per heavy atom. The first kappa shape index (κ1) is 29.6. The summed E-state index contributed by atoms with van der Waals surface area (Å²) in [6, 6.07) is 7.43. The van der Waals surface area contributed by atoms with Crippen molar-refractivity contribution < 1.29 is 27.8 Å². The molecule has 1 spiro atoms. The molecule has 2 aromatic heterocycles. The molecule has 4 N–H and O–H groups in total. The third-order valence-electron chi connectivity index (χ3n) is 8.21.